The maximum atomic E-state index is 12.6. The van der Waals surface area contributed by atoms with Gasteiger partial charge in [0.15, 0.2) is 0 Å². The van der Waals surface area contributed by atoms with E-state index in [1.807, 2.05) is 40.2 Å². The van der Waals surface area contributed by atoms with E-state index in [1.54, 1.807) is 6.08 Å². The number of hydrogen-bond acceptors (Lipinski definition) is 6. The van der Waals surface area contributed by atoms with Crippen molar-refractivity contribution in [3.05, 3.63) is 36.5 Å². The van der Waals surface area contributed by atoms with E-state index >= 15 is 0 Å². The van der Waals surface area contributed by atoms with Gasteiger partial charge in [-0.3, -0.25) is 9.36 Å². The molecule has 1 amide bonds. The second-order valence-electron chi connectivity index (χ2n) is 11.8. The minimum absolute atomic E-state index is 0.00918. The van der Waals surface area contributed by atoms with Crippen LogP contribution in [-0.2, 0) is 18.4 Å². The highest BCUT2D eigenvalue weighted by molar-refractivity contribution is 7.45. The monoisotopic (exact) mass is 600 g/mol. The molecule has 0 bridgehead atoms. The zero-order valence-corrected chi connectivity index (χ0v) is 27.6. The molecule has 0 saturated carbocycles. The molecular formula is C32H61N2O6P. The Morgan fingerprint density at radius 3 is 1.98 bits per heavy atom. The van der Waals surface area contributed by atoms with E-state index < -0.39 is 26.6 Å². The predicted molar refractivity (Wildman–Crippen MR) is 168 cm³/mol. The van der Waals surface area contributed by atoms with Gasteiger partial charge in [0.05, 0.1) is 39.9 Å². The summed E-state index contributed by atoms with van der Waals surface area (Å²) in [4.78, 5) is 24.9. The normalized spacial score (nSPS) is 15.6. The molecule has 9 heteroatoms. The van der Waals surface area contributed by atoms with Gasteiger partial charge >= 0.3 is 0 Å². The molecule has 240 valence electrons. The van der Waals surface area contributed by atoms with E-state index in [0.29, 0.717) is 17.4 Å². The van der Waals surface area contributed by atoms with Crippen molar-refractivity contribution in [2.45, 2.75) is 122 Å². The molecule has 0 aliphatic heterocycles. The molecule has 0 rings (SSSR count). The van der Waals surface area contributed by atoms with Crippen LogP contribution in [0.4, 0.5) is 0 Å². The van der Waals surface area contributed by atoms with Gasteiger partial charge in [0.25, 0.3) is 7.82 Å². The fraction of sp³-hybridized carbons (Fsp3) is 0.781. The van der Waals surface area contributed by atoms with Gasteiger partial charge in [-0.05, 0) is 39.0 Å². The molecule has 0 aliphatic rings. The Hall–Kier alpha value is -1.28. The molecule has 0 radical (unpaired) electrons. The van der Waals surface area contributed by atoms with Crippen LogP contribution in [0.5, 0.6) is 0 Å². The highest BCUT2D eigenvalue weighted by Crippen LogP contribution is 2.38. The number of amides is 1. The molecule has 0 aliphatic carbocycles. The zero-order valence-electron chi connectivity index (χ0n) is 26.7. The van der Waals surface area contributed by atoms with Gasteiger partial charge in [0.2, 0.25) is 5.91 Å². The van der Waals surface area contributed by atoms with Crippen LogP contribution in [0, 0.1) is 0 Å². The first-order valence-corrected chi connectivity index (χ1v) is 17.3. The van der Waals surface area contributed by atoms with Gasteiger partial charge < -0.3 is 28.8 Å². The van der Waals surface area contributed by atoms with Crippen LogP contribution in [0.1, 0.15) is 110 Å². The van der Waals surface area contributed by atoms with E-state index in [1.165, 1.54) is 44.9 Å². The lowest BCUT2D eigenvalue weighted by atomic mass is 10.1. The summed E-state index contributed by atoms with van der Waals surface area (Å²) >= 11 is 0. The first kappa shape index (κ1) is 39.7. The fourth-order valence-electron chi connectivity index (χ4n) is 4.07. The number of phosphoric acid groups is 1. The Labute approximate surface area is 251 Å². The summed E-state index contributed by atoms with van der Waals surface area (Å²) in [5, 5.41) is 13.5. The average Bonchev–Trinajstić information content (AvgIpc) is 2.90. The molecule has 0 aromatic rings. The predicted octanol–water partition coefficient (Wildman–Crippen LogP) is 6.60. The molecule has 8 nitrogen and oxygen atoms in total. The van der Waals surface area contributed by atoms with Crippen LogP contribution in [-0.4, -0.2) is 68.5 Å². The molecule has 2 N–H and O–H groups in total. The summed E-state index contributed by atoms with van der Waals surface area (Å²) in [7, 11) is 1.22. The summed E-state index contributed by atoms with van der Waals surface area (Å²) < 4.78 is 22.9. The smallest absolute Gasteiger partial charge is 0.268 e. The van der Waals surface area contributed by atoms with Crippen molar-refractivity contribution < 1.29 is 32.9 Å². The minimum atomic E-state index is -4.57. The number of phosphoric ester groups is 1. The number of aliphatic hydroxyl groups excluding tert-OH is 1. The molecular weight excluding hydrogens is 539 g/mol. The number of rotatable bonds is 27. The van der Waals surface area contributed by atoms with Gasteiger partial charge in [-0.25, -0.2) is 0 Å². The average molecular weight is 601 g/mol. The Balaban J connectivity index is 4.71. The molecule has 3 unspecified atom stereocenters. The fourth-order valence-corrected chi connectivity index (χ4v) is 4.79. The van der Waals surface area contributed by atoms with Crippen LogP contribution in [0.3, 0.4) is 0 Å². The molecule has 3 atom stereocenters. The number of aliphatic hydroxyl groups is 1. The minimum Gasteiger partial charge on any atom is -0.756 e. The van der Waals surface area contributed by atoms with Crippen LogP contribution in [0.15, 0.2) is 36.5 Å². The Morgan fingerprint density at radius 2 is 1.41 bits per heavy atom. The number of quaternary nitrogens is 1. The molecule has 0 spiro atoms. The molecule has 0 heterocycles. The summed E-state index contributed by atoms with van der Waals surface area (Å²) in [5.41, 5.74) is 0. The van der Waals surface area contributed by atoms with Crippen LogP contribution < -0.4 is 10.2 Å². The Morgan fingerprint density at radius 1 is 0.878 bits per heavy atom. The number of nitrogens with one attached hydrogen (secondary N) is 1. The van der Waals surface area contributed by atoms with Gasteiger partial charge in [-0.2, -0.15) is 0 Å². The summed E-state index contributed by atoms with van der Waals surface area (Å²) in [6.07, 6.45) is 26.4. The summed E-state index contributed by atoms with van der Waals surface area (Å²) in [6, 6.07) is -0.900. The lowest BCUT2D eigenvalue weighted by Crippen LogP contribution is -2.45. The van der Waals surface area contributed by atoms with E-state index in [0.717, 1.165) is 44.9 Å². The third-order valence-corrected chi connectivity index (χ3v) is 7.64. The zero-order chi connectivity index (χ0) is 30.8. The summed E-state index contributed by atoms with van der Waals surface area (Å²) in [6.45, 7) is 4.32. The van der Waals surface area contributed by atoms with E-state index in [-0.39, 0.29) is 12.5 Å². The third-order valence-electron chi connectivity index (χ3n) is 6.68. The molecule has 0 aromatic heterocycles. The Bertz CT molecular complexity index is 779. The van der Waals surface area contributed by atoms with E-state index in [4.69, 9.17) is 9.05 Å². The number of nitrogens with zero attached hydrogens (tertiary/aromatic N) is 1. The van der Waals surface area contributed by atoms with Crippen molar-refractivity contribution >= 4 is 13.7 Å². The third kappa shape index (κ3) is 27.3. The van der Waals surface area contributed by atoms with Gasteiger partial charge in [0, 0.05) is 6.42 Å². The maximum Gasteiger partial charge on any atom is 0.268 e. The SMILES string of the molecule is C/C=C/CC/C=C/CC/C=C/C(O)C(COP(=O)([O-])OCC[N+](C)(C)C)NC(=O)CCCCCCCCCCCC. The van der Waals surface area contributed by atoms with Crippen molar-refractivity contribution in [3.63, 3.8) is 0 Å². The molecule has 0 fully saturated rings. The lowest BCUT2D eigenvalue weighted by molar-refractivity contribution is -0.870. The van der Waals surface area contributed by atoms with Crippen molar-refractivity contribution in [1.82, 2.24) is 5.32 Å². The quantitative estimate of drug-likeness (QED) is 0.0476. The second kappa shape index (κ2) is 25.2. The first-order chi connectivity index (χ1) is 19.5. The highest BCUT2D eigenvalue weighted by atomic mass is 31.2. The maximum absolute atomic E-state index is 12.6. The van der Waals surface area contributed by atoms with Gasteiger partial charge in [0.1, 0.15) is 13.2 Å². The van der Waals surface area contributed by atoms with Crippen molar-refractivity contribution in [2.75, 3.05) is 40.9 Å². The number of allylic oxidation sites excluding steroid dienone is 5. The number of likely N-dealkylation sites (N-methyl/N-ethyl adjacent to an activating group) is 1. The van der Waals surface area contributed by atoms with Crippen molar-refractivity contribution in [3.8, 4) is 0 Å². The largest absolute Gasteiger partial charge is 0.756 e. The number of hydrogen-bond donors (Lipinski definition) is 2. The highest BCUT2D eigenvalue weighted by Gasteiger charge is 2.23. The summed E-state index contributed by atoms with van der Waals surface area (Å²) in [5.74, 6) is -0.221. The van der Waals surface area contributed by atoms with Crippen LogP contribution in [0.2, 0.25) is 0 Å². The lowest BCUT2D eigenvalue weighted by Gasteiger charge is -2.29. The molecule has 0 aromatic carbocycles. The number of unbranched alkanes of at least 4 members (excludes halogenated alkanes) is 11. The molecule has 0 saturated heterocycles. The van der Waals surface area contributed by atoms with Gasteiger partial charge in [-0.1, -0.05) is 101 Å². The van der Waals surface area contributed by atoms with E-state index in [2.05, 4.69) is 30.5 Å². The van der Waals surface area contributed by atoms with E-state index in [9.17, 15) is 19.4 Å². The second-order valence-corrected chi connectivity index (χ2v) is 13.2. The topological polar surface area (TPSA) is 108 Å². The van der Waals surface area contributed by atoms with Crippen LogP contribution in [0.25, 0.3) is 0 Å². The van der Waals surface area contributed by atoms with Crippen molar-refractivity contribution in [1.29, 1.82) is 0 Å². The van der Waals surface area contributed by atoms with Crippen LogP contribution >= 0.6 is 7.82 Å². The van der Waals surface area contributed by atoms with Crippen molar-refractivity contribution in [2.24, 2.45) is 0 Å². The number of carbonyl (C=O) groups is 1. The molecule has 41 heavy (non-hydrogen) atoms. The first-order valence-electron chi connectivity index (χ1n) is 15.8. The van der Waals surface area contributed by atoms with Gasteiger partial charge in [-0.15, -0.1) is 0 Å². The standard InChI is InChI=1S/C32H61N2O6P/c1-6-8-10-12-14-16-18-20-22-24-26-32(36)33-30(29-40-41(37,38)39-28-27-34(3,4)5)31(35)25-23-21-19-17-15-13-11-9-7-2/h7,9,15,17,23,25,30-31,35H,6,8,10-14,16,18-22,24,26-29H2,1-5H3,(H-,33,36,37,38)/b9-7+,17-15+,25-23+. The Kier molecular flexibility index (Phi) is 24.5. The number of carbonyl (C=O) groups excluding carboxylic acids is 1.